The molecule has 1 nitrogen and oxygen atoms in total. The summed E-state index contributed by atoms with van der Waals surface area (Å²) in [7, 11) is 0. The Morgan fingerprint density at radius 1 is 0.905 bits per heavy atom. The van der Waals surface area contributed by atoms with Gasteiger partial charge in [0.1, 0.15) is 0 Å². The van der Waals surface area contributed by atoms with Gasteiger partial charge in [0.15, 0.2) is 0 Å². The number of aryl methyl sites for hydroxylation is 3. The van der Waals surface area contributed by atoms with Gasteiger partial charge in [-0.15, -0.1) is 0 Å². The summed E-state index contributed by atoms with van der Waals surface area (Å²) in [6.07, 6.45) is 3.15. The van der Waals surface area contributed by atoms with E-state index in [1.807, 2.05) is 0 Å². The van der Waals surface area contributed by atoms with E-state index >= 15 is 0 Å². The van der Waals surface area contributed by atoms with Crippen LogP contribution in [0.2, 0.25) is 0 Å². The van der Waals surface area contributed by atoms with Crippen molar-refractivity contribution in [3.63, 3.8) is 0 Å². The van der Waals surface area contributed by atoms with Gasteiger partial charge in [0.05, 0.1) is 6.04 Å². The summed E-state index contributed by atoms with van der Waals surface area (Å²) in [4.78, 5) is 0. The largest absolute Gasteiger partial charge is 0.320 e. The van der Waals surface area contributed by atoms with Gasteiger partial charge < -0.3 is 5.73 Å². The van der Waals surface area contributed by atoms with Gasteiger partial charge >= 0.3 is 0 Å². The average Bonchev–Trinajstić information content (AvgIpc) is 2.53. The Balaban J connectivity index is 2.52. The molecule has 0 saturated heterocycles. The van der Waals surface area contributed by atoms with Crippen LogP contribution < -0.4 is 5.73 Å². The zero-order chi connectivity index (χ0) is 15.4. The fraction of sp³-hybridized carbons (Fsp3) is 0.368. The van der Waals surface area contributed by atoms with Crippen LogP contribution in [0, 0.1) is 3.57 Å². The van der Waals surface area contributed by atoms with E-state index in [9.17, 15) is 0 Å². The van der Waals surface area contributed by atoms with Gasteiger partial charge in [-0.25, -0.2) is 0 Å². The molecule has 21 heavy (non-hydrogen) atoms. The Morgan fingerprint density at radius 2 is 1.43 bits per heavy atom. The highest BCUT2D eigenvalue weighted by molar-refractivity contribution is 14.1. The third-order valence-electron chi connectivity index (χ3n) is 4.12. The summed E-state index contributed by atoms with van der Waals surface area (Å²) >= 11 is 2.33. The van der Waals surface area contributed by atoms with Crippen LogP contribution >= 0.6 is 22.6 Å². The molecule has 0 aliphatic heterocycles. The maximum Gasteiger partial charge on any atom is 0.0557 e. The number of hydrogen-bond donors (Lipinski definition) is 1. The molecule has 0 amide bonds. The molecule has 2 aromatic carbocycles. The van der Waals surface area contributed by atoms with Crippen LogP contribution in [-0.4, -0.2) is 0 Å². The van der Waals surface area contributed by atoms with Gasteiger partial charge in [-0.3, -0.25) is 0 Å². The Bertz CT molecular complexity index is 576. The summed E-state index contributed by atoms with van der Waals surface area (Å²) in [6.45, 7) is 6.66. The van der Waals surface area contributed by atoms with Crippen LogP contribution in [0.4, 0.5) is 0 Å². The zero-order valence-corrected chi connectivity index (χ0v) is 15.3. The van der Waals surface area contributed by atoms with Crippen molar-refractivity contribution in [2.75, 3.05) is 0 Å². The van der Waals surface area contributed by atoms with E-state index < -0.39 is 0 Å². The predicted octanol–water partition coefficient (Wildman–Crippen LogP) is 5.03. The highest BCUT2D eigenvalue weighted by atomic mass is 127. The zero-order valence-electron chi connectivity index (χ0n) is 13.1. The first-order chi connectivity index (χ1) is 10.1. The summed E-state index contributed by atoms with van der Waals surface area (Å²) < 4.78 is 1.25. The maximum atomic E-state index is 6.61. The topological polar surface area (TPSA) is 26.0 Å². The Kier molecular flexibility index (Phi) is 5.82. The van der Waals surface area contributed by atoms with Crippen LogP contribution in [0.25, 0.3) is 0 Å². The minimum absolute atomic E-state index is 0.0298. The second kappa shape index (κ2) is 7.41. The fourth-order valence-corrected chi connectivity index (χ4v) is 3.24. The molecule has 0 saturated carbocycles. The molecular formula is C19H24IN. The molecule has 0 fully saturated rings. The lowest BCUT2D eigenvalue weighted by Crippen LogP contribution is -2.17. The van der Waals surface area contributed by atoms with Crippen LogP contribution in [-0.2, 0) is 19.3 Å². The molecule has 0 radical (unpaired) electrons. The number of hydrogen-bond acceptors (Lipinski definition) is 1. The van der Waals surface area contributed by atoms with Gasteiger partial charge in [-0.05, 0) is 81.8 Å². The molecule has 2 rings (SSSR count). The molecular weight excluding hydrogens is 369 g/mol. The molecule has 1 atom stereocenters. The molecule has 2 N–H and O–H groups in total. The van der Waals surface area contributed by atoms with Crippen LogP contribution in [0.3, 0.4) is 0 Å². The monoisotopic (exact) mass is 393 g/mol. The van der Waals surface area contributed by atoms with Crippen molar-refractivity contribution in [3.05, 3.63) is 67.8 Å². The van der Waals surface area contributed by atoms with Gasteiger partial charge in [0.25, 0.3) is 0 Å². The van der Waals surface area contributed by atoms with Crippen molar-refractivity contribution in [2.24, 2.45) is 5.73 Å². The van der Waals surface area contributed by atoms with E-state index in [-0.39, 0.29) is 6.04 Å². The first-order valence-corrected chi connectivity index (χ1v) is 8.84. The van der Waals surface area contributed by atoms with Crippen molar-refractivity contribution >= 4 is 22.6 Å². The molecule has 1 unspecified atom stereocenters. The predicted molar refractivity (Wildman–Crippen MR) is 99.8 cm³/mol. The Hall–Kier alpha value is -0.870. The van der Waals surface area contributed by atoms with Crippen LogP contribution in [0.5, 0.6) is 0 Å². The van der Waals surface area contributed by atoms with Gasteiger partial charge in [0, 0.05) is 3.57 Å². The minimum Gasteiger partial charge on any atom is -0.320 e. The third-order valence-corrected chi connectivity index (χ3v) is 4.84. The highest BCUT2D eigenvalue weighted by Crippen LogP contribution is 2.29. The first-order valence-electron chi connectivity index (χ1n) is 7.76. The smallest absolute Gasteiger partial charge is 0.0557 e. The molecule has 112 valence electrons. The van der Waals surface area contributed by atoms with Gasteiger partial charge in [-0.2, -0.15) is 0 Å². The number of halogens is 1. The first kappa shape index (κ1) is 16.5. The molecule has 0 aromatic heterocycles. The highest BCUT2D eigenvalue weighted by Gasteiger charge is 2.17. The van der Waals surface area contributed by atoms with Crippen molar-refractivity contribution in [1.29, 1.82) is 0 Å². The third kappa shape index (κ3) is 3.67. The summed E-state index contributed by atoms with van der Waals surface area (Å²) in [6, 6.07) is 13.2. The average molecular weight is 393 g/mol. The number of rotatable bonds is 5. The lowest BCUT2D eigenvalue weighted by atomic mass is 9.87. The molecule has 2 aromatic rings. The van der Waals surface area contributed by atoms with E-state index in [1.54, 1.807) is 0 Å². The van der Waals surface area contributed by atoms with Gasteiger partial charge in [0.2, 0.25) is 0 Å². The quantitative estimate of drug-likeness (QED) is 0.709. The Morgan fingerprint density at radius 3 is 1.86 bits per heavy atom. The standard InChI is InChI=1S/C19H24IN/c1-4-13-11-14(5-2)18(15(6-3)12-13)19(21)16-7-9-17(20)10-8-16/h7-12,19H,4-6,21H2,1-3H3. The molecule has 0 heterocycles. The second-order valence-electron chi connectivity index (χ2n) is 5.42. The normalized spacial score (nSPS) is 12.4. The Labute approximate surface area is 142 Å². The van der Waals surface area contributed by atoms with Crippen molar-refractivity contribution < 1.29 is 0 Å². The van der Waals surface area contributed by atoms with Crippen LogP contribution in [0.15, 0.2) is 36.4 Å². The SMILES string of the molecule is CCc1cc(CC)c(C(N)c2ccc(I)cc2)c(CC)c1. The van der Waals surface area contributed by atoms with E-state index in [4.69, 9.17) is 5.73 Å². The summed E-state index contributed by atoms with van der Waals surface area (Å²) in [5, 5.41) is 0. The lowest BCUT2D eigenvalue weighted by Gasteiger charge is -2.21. The molecule has 2 heteroatoms. The summed E-state index contributed by atoms with van der Waals surface area (Å²) in [5.41, 5.74) is 13.4. The molecule has 0 spiro atoms. The van der Waals surface area contributed by atoms with E-state index in [0.717, 1.165) is 19.3 Å². The maximum absolute atomic E-state index is 6.61. The van der Waals surface area contributed by atoms with E-state index in [1.165, 1.54) is 31.4 Å². The van der Waals surface area contributed by atoms with Crippen molar-refractivity contribution in [3.8, 4) is 0 Å². The van der Waals surface area contributed by atoms with E-state index in [0.29, 0.717) is 0 Å². The minimum atomic E-state index is -0.0298. The van der Waals surface area contributed by atoms with Crippen LogP contribution in [0.1, 0.15) is 54.6 Å². The molecule has 0 aliphatic carbocycles. The fourth-order valence-electron chi connectivity index (χ4n) is 2.88. The van der Waals surface area contributed by atoms with Crippen molar-refractivity contribution in [2.45, 2.75) is 46.1 Å². The lowest BCUT2D eigenvalue weighted by molar-refractivity contribution is 0.824. The summed E-state index contributed by atoms with van der Waals surface area (Å²) in [5.74, 6) is 0. The van der Waals surface area contributed by atoms with E-state index in [2.05, 4.69) is 79.8 Å². The number of benzene rings is 2. The second-order valence-corrected chi connectivity index (χ2v) is 6.66. The van der Waals surface area contributed by atoms with Gasteiger partial charge in [-0.1, -0.05) is 45.0 Å². The molecule has 0 bridgehead atoms. The van der Waals surface area contributed by atoms with Crippen molar-refractivity contribution in [1.82, 2.24) is 0 Å². The molecule has 0 aliphatic rings. The number of nitrogens with two attached hydrogens (primary N) is 1.